The predicted octanol–water partition coefficient (Wildman–Crippen LogP) is 5.81. The third-order valence-corrected chi connectivity index (χ3v) is 8.90. The molecule has 2 aliphatic heterocycles. The number of benzene rings is 3. The zero-order valence-corrected chi connectivity index (χ0v) is 21.6. The van der Waals surface area contributed by atoms with Crippen LogP contribution < -0.4 is 9.21 Å². The molecule has 2 heterocycles. The fourth-order valence-electron chi connectivity index (χ4n) is 5.05. The summed E-state index contributed by atoms with van der Waals surface area (Å²) in [6.07, 6.45) is 4.20. The van der Waals surface area contributed by atoms with E-state index in [9.17, 15) is 8.42 Å². The van der Waals surface area contributed by atoms with Crippen molar-refractivity contribution in [3.05, 3.63) is 65.7 Å². The molecule has 5 rings (SSSR count). The Morgan fingerprint density at radius 2 is 1.47 bits per heavy atom. The van der Waals surface area contributed by atoms with Gasteiger partial charge in [0, 0.05) is 48.8 Å². The molecule has 0 aliphatic carbocycles. The van der Waals surface area contributed by atoms with E-state index in [0.717, 1.165) is 79.9 Å². The molecule has 3 aromatic rings. The Morgan fingerprint density at radius 3 is 2.21 bits per heavy atom. The Balaban J connectivity index is 0.00000274. The fraction of sp³-hybridized carbons (Fsp3) is 0.385. The molecule has 182 valence electrons. The van der Waals surface area contributed by atoms with Crippen LogP contribution in [-0.2, 0) is 10.0 Å². The maximum Gasteiger partial charge on any atom is 0.265 e. The van der Waals surface area contributed by atoms with Crippen LogP contribution in [0.1, 0.15) is 25.7 Å². The number of piperazine rings is 1. The third-order valence-electron chi connectivity index (χ3n) is 6.81. The van der Waals surface area contributed by atoms with Crippen LogP contribution in [0.25, 0.3) is 10.8 Å². The second-order valence-corrected chi connectivity index (χ2v) is 11.2. The van der Waals surface area contributed by atoms with E-state index < -0.39 is 10.0 Å². The predicted molar refractivity (Wildman–Crippen MR) is 144 cm³/mol. The number of anilines is 2. The lowest BCUT2D eigenvalue weighted by Gasteiger charge is -2.36. The van der Waals surface area contributed by atoms with E-state index in [1.807, 2.05) is 48.5 Å². The van der Waals surface area contributed by atoms with Gasteiger partial charge in [-0.2, -0.15) is 0 Å². The number of nitrogens with zero attached hydrogens (tertiary/aromatic N) is 3. The van der Waals surface area contributed by atoms with Gasteiger partial charge in [-0.15, -0.1) is 12.4 Å². The Morgan fingerprint density at radius 1 is 0.794 bits per heavy atom. The van der Waals surface area contributed by atoms with Crippen molar-refractivity contribution >= 4 is 56.2 Å². The zero-order chi connectivity index (χ0) is 22.8. The van der Waals surface area contributed by atoms with Crippen molar-refractivity contribution in [2.45, 2.75) is 30.6 Å². The lowest BCUT2D eigenvalue weighted by atomic mass is 10.1. The summed E-state index contributed by atoms with van der Waals surface area (Å²) >= 11 is 6.13. The highest BCUT2D eigenvalue weighted by molar-refractivity contribution is 7.93. The summed E-state index contributed by atoms with van der Waals surface area (Å²) in [5.41, 5.74) is 2.04. The van der Waals surface area contributed by atoms with Crippen LogP contribution in [0, 0.1) is 0 Å². The van der Waals surface area contributed by atoms with Gasteiger partial charge in [0.05, 0.1) is 10.6 Å². The van der Waals surface area contributed by atoms with E-state index in [1.165, 1.54) is 5.69 Å². The van der Waals surface area contributed by atoms with Crippen LogP contribution >= 0.6 is 24.0 Å². The molecular formula is C26H31Cl2N3O2S. The van der Waals surface area contributed by atoms with Crippen molar-refractivity contribution < 1.29 is 8.42 Å². The highest BCUT2D eigenvalue weighted by Crippen LogP contribution is 2.42. The van der Waals surface area contributed by atoms with Crippen molar-refractivity contribution in [3.63, 3.8) is 0 Å². The molecule has 0 amide bonds. The first kappa shape index (κ1) is 25.1. The number of halogens is 2. The summed E-state index contributed by atoms with van der Waals surface area (Å²) in [6.45, 7) is 5.85. The van der Waals surface area contributed by atoms with Gasteiger partial charge in [-0.25, -0.2) is 8.42 Å². The number of hydrogen-bond donors (Lipinski definition) is 0. The lowest BCUT2D eigenvalue weighted by Crippen LogP contribution is -2.46. The Kier molecular flexibility index (Phi) is 7.93. The molecule has 0 aromatic heterocycles. The summed E-state index contributed by atoms with van der Waals surface area (Å²) in [4.78, 5) is 5.38. The topological polar surface area (TPSA) is 43.9 Å². The molecule has 0 unspecified atom stereocenters. The van der Waals surface area contributed by atoms with Crippen LogP contribution in [-0.4, -0.2) is 52.6 Å². The van der Waals surface area contributed by atoms with Gasteiger partial charge in [0.1, 0.15) is 0 Å². The van der Waals surface area contributed by atoms with Crippen molar-refractivity contribution in [1.82, 2.24) is 4.90 Å². The van der Waals surface area contributed by atoms with Crippen LogP contribution in [0.5, 0.6) is 0 Å². The standard InChI is InChI=1S/C26H30ClN3O2S.ClH/c27-22-10-7-11-23(20-22)29-18-16-28(17-19-29)14-3-1-2-4-15-30-24-12-5-8-21-9-6-13-25(26(21)24)33(30,31)32;/h5-13,20H,1-4,14-19H2;1H. The normalized spacial score (nSPS) is 17.2. The number of hydrogen-bond acceptors (Lipinski definition) is 4. The minimum atomic E-state index is -3.43. The summed E-state index contributed by atoms with van der Waals surface area (Å²) in [5.74, 6) is 0. The zero-order valence-electron chi connectivity index (χ0n) is 19.2. The van der Waals surface area contributed by atoms with Gasteiger partial charge in [0.25, 0.3) is 10.0 Å². The molecule has 0 bridgehead atoms. The van der Waals surface area contributed by atoms with E-state index in [4.69, 9.17) is 11.6 Å². The highest BCUT2D eigenvalue weighted by Gasteiger charge is 2.34. The second-order valence-electron chi connectivity index (χ2n) is 8.93. The largest absolute Gasteiger partial charge is 0.369 e. The van der Waals surface area contributed by atoms with Gasteiger partial charge in [-0.1, -0.05) is 54.8 Å². The van der Waals surface area contributed by atoms with Crippen molar-refractivity contribution in [2.24, 2.45) is 0 Å². The molecule has 0 N–H and O–H groups in total. The maximum atomic E-state index is 13.0. The average Bonchev–Trinajstić information content (AvgIpc) is 3.04. The molecule has 1 saturated heterocycles. The minimum absolute atomic E-state index is 0. The molecular weight excluding hydrogens is 489 g/mol. The van der Waals surface area contributed by atoms with Crippen LogP contribution in [0.15, 0.2) is 65.6 Å². The third kappa shape index (κ3) is 5.01. The van der Waals surface area contributed by atoms with Crippen LogP contribution in [0.3, 0.4) is 0 Å². The van der Waals surface area contributed by atoms with E-state index in [-0.39, 0.29) is 12.4 Å². The molecule has 0 atom stereocenters. The van der Waals surface area contributed by atoms with E-state index >= 15 is 0 Å². The van der Waals surface area contributed by atoms with E-state index in [1.54, 1.807) is 10.4 Å². The molecule has 1 fully saturated rings. The van der Waals surface area contributed by atoms with Gasteiger partial charge in [-0.05, 0) is 55.1 Å². The van der Waals surface area contributed by atoms with Gasteiger partial charge in [0.2, 0.25) is 0 Å². The Labute approximate surface area is 213 Å². The minimum Gasteiger partial charge on any atom is -0.369 e. The Bertz CT molecular complexity index is 1240. The van der Waals surface area contributed by atoms with Crippen molar-refractivity contribution in [2.75, 3.05) is 48.5 Å². The summed E-state index contributed by atoms with van der Waals surface area (Å²) in [7, 11) is -3.43. The summed E-state index contributed by atoms with van der Waals surface area (Å²) in [5, 5.41) is 2.65. The van der Waals surface area contributed by atoms with E-state index in [0.29, 0.717) is 11.4 Å². The molecule has 5 nitrogen and oxygen atoms in total. The molecule has 3 aromatic carbocycles. The number of sulfonamides is 1. The van der Waals surface area contributed by atoms with Gasteiger partial charge in [-0.3, -0.25) is 9.21 Å². The SMILES string of the molecule is Cl.O=S1(=O)c2cccc3cccc(c23)N1CCCCCCN1CCN(c2cccc(Cl)c2)CC1. The van der Waals surface area contributed by atoms with Crippen molar-refractivity contribution in [1.29, 1.82) is 0 Å². The lowest BCUT2D eigenvalue weighted by molar-refractivity contribution is 0.252. The first-order valence-corrected chi connectivity index (χ1v) is 13.6. The van der Waals surface area contributed by atoms with Gasteiger partial charge in [0.15, 0.2) is 0 Å². The number of rotatable bonds is 8. The van der Waals surface area contributed by atoms with Crippen LogP contribution in [0.2, 0.25) is 5.02 Å². The summed E-state index contributed by atoms with van der Waals surface area (Å²) in [6, 6.07) is 19.5. The molecule has 0 spiro atoms. The molecule has 2 aliphatic rings. The first-order chi connectivity index (χ1) is 16.0. The smallest absolute Gasteiger partial charge is 0.265 e. The van der Waals surface area contributed by atoms with Crippen LogP contribution in [0.4, 0.5) is 11.4 Å². The van der Waals surface area contributed by atoms with Crippen molar-refractivity contribution in [3.8, 4) is 0 Å². The molecule has 0 radical (unpaired) electrons. The second kappa shape index (κ2) is 10.7. The molecule has 34 heavy (non-hydrogen) atoms. The average molecular weight is 521 g/mol. The maximum absolute atomic E-state index is 13.0. The molecule has 8 heteroatoms. The highest BCUT2D eigenvalue weighted by atomic mass is 35.5. The Hall–Kier alpha value is -1.99. The fourth-order valence-corrected chi connectivity index (χ4v) is 6.98. The summed E-state index contributed by atoms with van der Waals surface area (Å²) < 4.78 is 27.7. The first-order valence-electron chi connectivity index (χ1n) is 11.8. The monoisotopic (exact) mass is 519 g/mol. The number of unbranched alkanes of at least 4 members (excludes halogenated alkanes) is 3. The van der Waals surface area contributed by atoms with E-state index in [2.05, 4.69) is 15.9 Å². The molecule has 0 saturated carbocycles. The van der Waals surface area contributed by atoms with Gasteiger partial charge >= 0.3 is 0 Å². The van der Waals surface area contributed by atoms with Gasteiger partial charge < -0.3 is 4.90 Å². The quantitative estimate of drug-likeness (QED) is 0.352.